The largest absolute Gasteiger partial charge is 0.504 e. The highest BCUT2D eigenvalue weighted by atomic mass is 32.2. The molecule has 2 atom stereocenters. The van der Waals surface area contributed by atoms with E-state index in [1.54, 1.807) is 0 Å². The molecular weight excluding hydrogens is 366 g/mol. The summed E-state index contributed by atoms with van der Waals surface area (Å²) < 4.78 is 26.4. The fourth-order valence-electron chi connectivity index (χ4n) is 4.01. The molecule has 1 aliphatic rings. The van der Waals surface area contributed by atoms with Gasteiger partial charge < -0.3 is 15.4 Å². The van der Waals surface area contributed by atoms with E-state index in [-0.39, 0.29) is 16.2 Å². The molecule has 146 valence electrons. The number of hydroxylamine groups is 2. The van der Waals surface area contributed by atoms with Gasteiger partial charge in [0, 0.05) is 6.07 Å². The Labute approximate surface area is 159 Å². The highest BCUT2D eigenvalue weighted by molar-refractivity contribution is 7.91. The van der Waals surface area contributed by atoms with Gasteiger partial charge >= 0.3 is 0 Å². The number of hydrogen-bond donors (Lipinski definition) is 3. The predicted molar refractivity (Wildman–Crippen MR) is 102 cm³/mol. The average molecular weight is 391 g/mol. The summed E-state index contributed by atoms with van der Waals surface area (Å²) in [6.07, 6.45) is 1.63. The summed E-state index contributed by atoms with van der Waals surface area (Å²) in [5.74, 6) is -1.17. The maximum atomic E-state index is 13.2. The van der Waals surface area contributed by atoms with E-state index in [1.165, 1.54) is 6.07 Å². The first kappa shape index (κ1) is 19.7. The maximum absolute atomic E-state index is 13.2. The van der Waals surface area contributed by atoms with Crippen LogP contribution in [0.4, 0.5) is 0 Å². The molecule has 0 fully saturated rings. The standard InChI is InChI=1S/C20H25NO5S/c1-3-10-20(4-2)13-27(25,26)18-12-17(23)16(22)11-15(18)19(21(20)24)14-8-6-5-7-9-14/h5-9,11-12,19,22-24H,3-4,10,13H2,1-2H3/t19-,20-/m1/s1. The third-order valence-corrected chi connectivity index (χ3v) is 7.36. The SMILES string of the molecule is CCC[C@]1(CC)CS(=O)(=O)c2cc(O)c(O)cc2[C@@H](c2ccccc2)N1O. The summed E-state index contributed by atoms with van der Waals surface area (Å²) in [5.41, 5.74) is -0.0129. The molecule has 7 heteroatoms. The molecule has 0 radical (unpaired) electrons. The highest BCUT2D eigenvalue weighted by Gasteiger charge is 2.47. The van der Waals surface area contributed by atoms with E-state index >= 15 is 0 Å². The second kappa shape index (κ2) is 7.14. The number of hydrogen-bond acceptors (Lipinski definition) is 6. The molecule has 3 rings (SSSR count). The van der Waals surface area contributed by atoms with Gasteiger partial charge in [0.1, 0.15) is 0 Å². The molecule has 3 N–H and O–H groups in total. The quantitative estimate of drug-likeness (QED) is 0.689. The van der Waals surface area contributed by atoms with E-state index < -0.39 is 32.9 Å². The average Bonchev–Trinajstić information content (AvgIpc) is 2.70. The first-order chi connectivity index (χ1) is 12.8. The molecule has 1 heterocycles. The number of sulfone groups is 1. The molecule has 0 spiro atoms. The Balaban J connectivity index is 2.36. The molecule has 0 saturated heterocycles. The van der Waals surface area contributed by atoms with Gasteiger partial charge in [0.05, 0.1) is 22.2 Å². The zero-order chi connectivity index (χ0) is 19.8. The zero-order valence-corrected chi connectivity index (χ0v) is 16.3. The van der Waals surface area contributed by atoms with Gasteiger partial charge in [0.2, 0.25) is 0 Å². The van der Waals surface area contributed by atoms with Crippen LogP contribution in [-0.4, -0.2) is 40.2 Å². The smallest absolute Gasteiger partial charge is 0.180 e. The van der Waals surface area contributed by atoms with Gasteiger partial charge in [-0.3, -0.25) is 0 Å². The van der Waals surface area contributed by atoms with Crippen molar-refractivity contribution in [1.82, 2.24) is 5.06 Å². The van der Waals surface area contributed by atoms with E-state index in [0.717, 1.165) is 11.1 Å². The van der Waals surface area contributed by atoms with E-state index in [4.69, 9.17) is 0 Å². The Morgan fingerprint density at radius 3 is 2.33 bits per heavy atom. The molecule has 2 aromatic carbocycles. The van der Waals surface area contributed by atoms with Crippen LogP contribution >= 0.6 is 0 Å². The van der Waals surface area contributed by atoms with Crippen LogP contribution in [0.5, 0.6) is 11.5 Å². The number of fused-ring (bicyclic) bond motifs is 1. The van der Waals surface area contributed by atoms with Crippen molar-refractivity contribution in [2.75, 3.05) is 5.75 Å². The minimum atomic E-state index is -3.81. The predicted octanol–water partition coefficient (Wildman–Crippen LogP) is 3.61. The molecule has 27 heavy (non-hydrogen) atoms. The molecule has 0 aromatic heterocycles. The lowest BCUT2D eigenvalue weighted by molar-refractivity contribution is -0.193. The minimum Gasteiger partial charge on any atom is -0.504 e. The molecule has 6 nitrogen and oxygen atoms in total. The van der Waals surface area contributed by atoms with Gasteiger partial charge in [0.15, 0.2) is 21.3 Å². The van der Waals surface area contributed by atoms with Crippen molar-refractivity contribution in [2.24, 2.45) is 0 Å². The van der Waals surface area contributed by atoms with Gasteiger partial charge in [-0.05, 0) is 30.0 Å². The van der Waals surface area contributed by atoms with Crippen LogP contribution in [0.15, 0.2) is 47.4 Å². The second-order valence-corrected chi connectivity index (χ2v) is 9.08. The first-order valence-electron chi connectivity index (χ1n) is 9.07. The molecular formula is C20H25NO5S. The number of phenols is 2. The Kier molecular flexibility index (Phi) is 5.20. The third kappa shape index (κ3) is 3.31. The normalized spacial score (nSPS) is 24.9. The number of phenolic OH excluding ortho intramolecular Hbond substituents is 2. The Bertz CT molecular complexity index is 929. The molecule has 0 bridgehead atoms. The lowest BCUT2D eigenvalue weighted by Crippen LogP contribution is -2.51. The highest BCUT2D eigenvalue weighted by Crippen LogP contribution is 2.46. The number of rotatable bonds is 4. The van der Waals surface area contributed by atoms with Crippen molar-refractivity contribution in [3.05, 3.63) is 53.6 Å². The number of benzene rings is 2. The molecule has 2 aromatic rings. The Morgan fingerprint density at radius 1 is 1.11 bits per heavy atom. The zero-order valence-electron chi connectivity index (χ0n) is 15.5. The summed E-state index contributed by atoms with van der Waals surface area (Å²) >= 11 is 0. The van der Waals surface area contributed by atoms with Crippen LogP contribution in [0.25, 0.3) is 0 Å². The van der Waals surface area contributed by atoms with Crippen LogP contribution < -0.4 is 0 Å². The van der Waals surface area contributed by atoms with Gasteiger partial charge in [-0.25, -0.2) is 8.42 Å². The Hall–Kier alpha value is -2.09. The van der Waals surface area contributed by atoms with Crippen molar-refractivity contribution in [1.29, 1.82) is 0 Å². The van der Waals surface area contributed by atoms with Crippen LogP contribution in [0, 0.1) is 0 Å². The van der Waals surface area contributed by atoms with Gasteiger partial charge in [0.25, 0.3) is 0 Å². The summed E-state index contributed by atoms with van der Waals surface area (Å²) in [5, 5.41) is 32.4. The van der Waals surface area contributed by atoms with E-state index in [0.29, 0.717) is 24.8 Å². The lowest BCUT2D eigenvalue weighted by atomic mass is 9.88. The summed E-state index contributed by atoms with van der Waals surface area (Å²) in [6, 6.07) is 10.6. The molecule has 0 amide bonds. The van der Waals surface area contributed by atoms with Crippen molar-refractivity contribution in [3.63, 3.8) is 0 Å². The number of nitrogens with zero attached hydrogens (tertiary/aromatic N) is 1. The molecule has 1 aliphatic heterocycles. The van der Waals surface area contributed by atoms with Crippen LogP contribution in [0.1, 0.15) is 50.3 Å². The van der Waals surface area contributed by atoms with Crippen LogP contribution in [0.3, 0.4) is 0 Å². The summed E-state index contributed by atoms with van der Waals surface area (Å²) in [6.45, 7) is 3.81. The first-order valence-corrected chi connectivity index (χ1v) is 10.7. The van der Waals surface area contributed by atoms with Crippen molar-refractivity contribution in [3.8, 4) is 11.5 Å². The topological polar surface area (TPSA) is 98.1 Å². The molecule has 0 unspecified atom stereocenters. The van der Waals surface area contributed by atoms with Gasteiger partial charge in [-0.1, -0.05) is 50.6 Å². The van der Waals surface area contributed by atoms with Crippen molar-refractivity contribution in [2.45, 2.75) is 49.6 Å². The third-order valence-electron chi connectivity index (χ3n) is 5.41. The minimum absolute atomic E-state index is 0.0582. The summed E-state index contributed by atoms with van der Waals surface area (Å²) in [4.78, 5) is -0.0582. The van der Waals surface area contributed by atoms with E-state index in [1.807, 2.05) is 44.2 Å². The van der Waals surface area contributed by atoms with Crippen LogP contribution in [0.2, 0.25) is 0 Å². The fourth-order valence-corrected chi connectivity index (χ4v) is 6.17. The van der Waals surface area contributed by atoms with Gasteiger partial charge in [-0.15, -0.1) is 0 Å². The summed E-state index contributed by atoms with van der Waals surface area (Å²) in [7, 11) is -3.81. The van der Waals surface area contributed by atoms with Gasteiger partial charge in [-0.2, -0.15) is 5.06 Å². The van der Waals surface area contributed by atoms with Crippen LogP contribution in [-0.2, 0) is 9.84 Å². The number of aromatic hydroxyl groups is 2. The van der Waals surface area contributed by atoms with E-state index in [9.17, 15) is 23.8 Å². The molecule has 0 aliphatic carbocycles. The van der Waals surface area contributed by atoms with Crippen molar-refractivity contribution >= 4 is 9.84 Å². The van der Waals surface area contributed by atoms with E-state index in [2.05, 4.69) is 0 Å². The maximum Gasteiger partial charge on any atom is 0.180 e. The van der Waals surface area contributed by atoms with Crippen molar-refractivity contribution < 1.29 is 23.8 Å². The fraction of sp³-hybridized carbons (Fsp3) is 0.400. The Morgan fingerprint density at radius 2 is 1.74 bits per heavy atom. The monoisotopic (exact) mass is 391 g/mol. The lowest BCUT2D eigenvalue weighted by Gasteiger charge is -2.41. The molecule has 0 saturated carbocycles. The second-order valence-electron chi connectivity index (χ2n) is 7.12.